The van der Waals surface area contributed by atoms with E-state index in [-0.39, 0.29) is 0 Å². The van der Waals surface area contributed by atoms with Crippen molar-refractivity contribution in [1.29, 1.82) is 0 Å². The lowest BCUT2D eigenvalue weighted by atomic mass is 9.98. The number of nitrogens with zero attached hydrogens (tertiary/aromatic N) is 4. The van der Waals surface area contributed by atoms with Gasteiger partial charge in [-0.25, -0.2) is 9.97 Å². The molecular weight excluding hydrogens is 761 g/mol. The Morgan fingerprint density at radius 1 is 0.393 bits per heavy atom. The van der Waals surface area contributed by atoms with Crippen LogP contribution in [0, 0.1) is 0 Å². The Morgan fingerprint density at radius 3 is 1.92 bits per heavy atom. The summed E-state index contributed by atoms with van der Waals surface area (Å²) >= 11 is 1.77. The molecule has 0 saturated carbocycles. The van der Waals surface area contributed by atoms with Gasteiger partial charge >= 0.3 is 0 Å². The number of benzene rings is 9. The minimum Gasteiger partial charge on any atom is -0.309 e. The molecule has 13 rings (SSSR count). The summed E-state index contributed by atoms with van der Waals surface area (Å²) in [6.07, 6.45) is 0. The van der Waals surface area contributed by atoms with Gasteiger partial charge in [-0.15, -0.1) is 11.3 Å². The smallest absolute Gasteiger partial charge is 0.235 e. The van der Waals surface area contributed by atoms with Gasteiger partial charge in [-0.1, -0.05) is 158 Å². The molecule has 0 bridgehead atoms. The first kappa shape index (κ1) is 34.0. The molecule has 4 heterocycles. The number of fused-ring (bicyclic) bond motifs is 11. The van der Waals surface area contributed by atoms with Gasteiger partial charge in [0.25, 0.3) is 0 Å². The minimum absolute atomic E-state index is 0.653. The number of thiophene rings is 1. The number of hydrogen-bond donors (Lipinski definition) is 0. The van der Waals surface area contributed by atoms with Crippen LogP contribution >= 0.6 is 11.3 Å². The van der Waals surface area contributed by atoms with E-state index < -0.39 is 0 Å². The molecule has 5 heteroatoms. The van der Waals surface area contributed by atoms with E-state index in [9.17, 15) is 0 Å². The van der Waals surface area contributed by atoms with Crippen molar-refractivity contribution < 1.29 is 0 Å². The molecule has 0 amide bonds. The lowest BCUT2D eigenvalue weighted by Crippen LogP contribution is -2.03. The van der Waals surface area contributed by atoms with E-state index in [4.69, 9.17) is 9.97 Å². The third-order valence-corrected chi connectivity index (χ3v) is 13.4. The van der Waals surface area contributed by atoms with Gasteiger partial charge in [-0.05, 0) is 69.7 Å². The van der Waals surface area contributed by atoms with Crippen molar-refractivity contribution in [1.82, 2.24) is 19.1 Å². The summed E-state index contributed by atoms with van der Waals surface area (Å²) in [6, 6.07) is 72.0. The summed E-state index contributed by atoms with van der Waals surface area (Å²) in [5.41, 5.74) is 13.4. The molecule has 284 valence electrons. The minimum atomic E-state index is 0.653. The third kappa shape index (κ3) is 5.11. The topological polar surface area (TPSA) is 35.6 Å². The SMILES string of the molecule is c1ccc(-c2csc3c2ccc2nc(-n4c5ccc(-c6cccc7c8ccccc8n(-c8ccccc8)c67)cc5c5c6ccccc6ccc54)nc(-c4ccccc4)c23)cc1. The maximum Gasteiger partial charge on any atom is 0.235 e. The van der Waals surface area contributed by atoms with Crippen LogP contribution < -0.4 is 0 Å². The maximum atomic E-state index is 5.57. The molecule has 0 unspecified atom stereocenters. The van der Waals surface area contributed by atoms with Crippen molar-refractivity contribution in [3.8, 4) is 45.1 Å². The summed E-state index contributed by atoms with van der Waals surface area (Å²) in [7, 11) is 0. The molecule has 0 N–H and O–H groups in total. The predicted octanol–water partition coefficient (Wildman–Crippen LogP) is 15.2. The number of aromatic nitrogens is 4. The molecule has 4 aromatic heterocycles. The van der Waals surface area contributed by atoms with Gasteiger partial charge in [0, 0.05) is 59.4 Å². The maximum absolute atomic E-state index is 5.57. The normalized spacial score (nSPS) is 11.9. The van der Waals surface area contributed by atoms with Gasteiger partial charge < -0.3 is 4.57 Å². The Balaban J connectivity index is 1.10. The molecule has 0 saturated heterocycles. The van der Waals surface area contributed by atoms with E-state index in [1.807, 2.05) is 0 Å². The van der Waals surface area contributed by atoms with Crippen LogP contribution in [0.25, 0.3) is 121 Å². The molecule has 0 aliphatic heterocycles. The van der Waals surface area contributed by atoms with Crippen molar-refractivity contribution in [2.24, 2.45) is 0 Å². The van der Waals surface area contributed by atoms with E-state index >= 15 is 0 Å². The Morgan fingerprint density at radius 2 is 1.08 bits per heavy atom. The summed E-state index contributed by atoms with van der Waals surface area (Å²) < 4.78 is 5.90. The van der Waals surface area contributed by atoms with Gasteiger partial charge in [0.05, 0.1) is 33.3 Å². The summed E-state index contributed by atoms with van der Waals surface area (Å²) in [4.78, 5) is 11.0. The summed E-state index contributed by atoms with van der Waals surface area (Å²) in [6.45, 7) is 0. The van der Waals surface area contributed by atoms with Crippen LogP contribution in [-0.2, 0) is 0 Å². The Labute approximate surface area is 354 Å². The van der Waals surface area contributed by atoms with Crippen LogP contribution in [0.1, 0.15) is 0 Å². The molecule has 0 aliphatic carbocycles. The standard InChI is InChI=1S/C56H34N4S/c1-4-15-35(16-5-1)46-34-61-55-44(46)29-30-47-52(55)53(37-18-6-2-7-19-37)58-56(57-47)60-49-31-28-38(33-45(49)51-40-22-11-10-17-36(40)27-32-50(51)60)41-24-14-25-43-42-23-12-13-26-48(42)59(54(41)43)39-20-8-3-9-21-39/h1-34H. The molecule has 0 atom stereocenters. The van der Waals surface area contributed by atoms with E-state index in [1.54, 1.807) is 11.3 Å². The Hall–Kier alpha value is -7.86. The number of para-hydroxylation sites is 3. The zero-order valence-corrected chi connectivity index (χ0v) is 33.6. The fourth-order valence-corrected chi connectivity index (χ4v) is 10.8. The van der Waals surface area contributed by atoms with Crippen LogP contribution in [0.15, 0.2) is 206 Å². The van der Waals surface area contributed by atoms with Gasteiger partial charge in [-0.3, -0.25) is 4.57 Å². The second-order valence-electron chi connectivity index (χ2n) is 15.7. The lowest BCUT2D eigenvalue weighted by molar-refractivity contribution is 1.01. The van der Waals surface area contributed by atoms with Gasteiger partial charge in [-0.2, -0.15) is 0 Å². The van der Waals surface area contributed by atoms with Gasteiger partial charge in [0.15, 0.2) is 0 Å². The molecule has 61 heavy (non-hydrogen) atoms. The molecule has 13 aromatic rings. The van der Waals surface area contributed by atoms with Crippen LogP contribution in [0.4, 0.5) is 0 Å². The number of rotatable bonds is 5. The highest BCUT2D eigenvalue weighted by Crippen LogP contribution is 2.44. The average molecular weight is 795 g/mol. The zero-order chi connectivity index (χ0) is 40.0. The fraction of sp³-hybridized carbons (Fsp3) is 0. The molecule has 9 aromatic carbocycles. The highest BCUT2D eigenvalue weighted by molar-refractivity contribution is 7.18. The largest absolute Gasteiger partial charge is 0.309 e. The van der Waals surface area contributed by atoms with E-state index in [0.717, 1.165) is 49.8 Å². The Bertz CT molecular complexity index is 3860. The molecule has 4 nitrogen and oxygen atoms in total. The zero-order valence-electron chi connectivity index (χ0n) is 32.8. The second kappa shape index (κ2) is 13.3. The van der Waals surface area contributed by atoms with Crippen LogP contribution in [0.5, 0.6) is 0 Å². The monoisotopic (exact) mass is 794 g/mol. The highest BCUT2D eigenvalue weighted by atomic mass is 32.1. The van der Waals surface area contributed by atoms with E-state index in [2.05, 4.69) is 215 Å². The highest BCUT2D eigenvalue weighted by Gasteiger charge is 2.23. The van der Waals surface area contributed by atoms with Crippen molar-refractivity contribution >= 4 is 86.7 Å². The predicted molar refractivity (Wildman–Crippen MR) is 257 cm³/mol. The third-order valence-electron chi connectivity index (χ3n) is 12.4. The number of hydrogen-bond acceptors (Lipinski definition) is 3. The van der Waals surface area contributed by atoms with Crippen molar-refractivity contribution in [3.63, 3.8) is 0 Å². The fourth-order valence-electron chi connectivity index (χ4n) is 9.72. The first-order valence-corrected chi connectivity index (χ1v) is 21.5. The first-order valence-electron chi connectivity index (χ1n) is 20.7. The molecule has 0 radical (unpaired) electrons. The summed E-state index contributed by atoms with van der Waals surface area (Å²) in [5, 5.41) is 11.8. The lowest BCUT2D eigenvalue weighted by Gasteiger charge is -2.13. The average Bonchev–Trinajstić information content (AvgIpc) is 4.02. The quantitative estimate of drug-likeness (QED) is 0.174. The van der Waals surface area contributed by atoms with Crippen LogP contribution in [0.3, 0.4) is 0 Å². The second-order valence-corrected chi connectivity index (χ2v) is 16.6. The van der Waals surface area contributed by atoms with Crippen LogP contribution in [-0.4, -0.2) is 19.1 Å². The molecule has 0 fully saturated rings. The van der Waals surface area contributed by atoms with Gasteiger partial charge in [0.1, 0.15) is 0 Å². The molecule has 0 aliphatic rings. The van der Waals surface area contributed by atoms with Crippen molar-refractivity contribution in [3.05, 3.63) is 206 Å². The molecular formula is C56H34N4S. The van der Waals surface area contributed by atoms with Crippen molar-refractivity contribution in [2.75, 3.05) is 0 Å². The first-order chi connectivity index (χ1) is 30.3. The van der Waals surface area contributed by atoms with E-state index in [0.29, 0.717) is 5.95 Å². The summed E-state index contributed by atoms with van der Waals surface area (Å²) in [5.74, 6) is 0.653. The van der Waals surface area contributed by atoms with Crippen LogP contribution in [0.2, 0.25) is 0 Å². The van der Waals surface area contributed by atoms with E-state index in [1.165, 1.54) is 64.7 Å². The van der Waals surface area contributed by atoms with Crippen molar-refractivity contribution in [2.45, 2.75) is 0 Å². The van der Waals surface area contributed by atoms with Gasteiger partial charge in [0.2, 0.25) is 5.95 Å². The molecule has 0 spiro atoms. The Kier molecular flexibility index (Phi) is 7.44.